The normalized spacial score (nSPS) is 11.9. The molecule has 2 heterocycles. The number of carbonyl (C=O) groups is 2. The number of pyridine rings is 1. The predicted molar refractivity (Wildman–Crippen MR) is 83.9 cm³/mol. The van der Waals surface area contributed by atoms with Crippen LogP contribution in [0.1, 0.15) is 26.5 Å². The van der Waals surface area contributed by atoms with Gasteiger partial charge in [0, 0.05) is 13.6 Å². The van der Waals surface area contributed by atoms with E-state index in [-0.39, 0.29) is 24.1 Å². The summed E-state index contributed by atoms with van der Waals surface area (Å²) >= 11 is 0. The highest BCUT2D eigenvalue weighted by Crippen LogP contribution is 2.32. The van der Waals surface area contributed by atoms with Crippen LogP contribution in [0.25, 0.3) is 0 Å². The van der Waals surface area contributed by atoms with Gasteiger partial charge in [-0.25, -0.2) is 9.78 Å². The zero-order valence-electron chi connectivity index (χ0n) is 13.3. The zero-order chi connectivity index (χ0) is 17.1. The molecule has 7 heteroatoms. The van der Waals surface area contributed by atoms with E-state index in [9.17, 15) is 9.59 Å². The van der Waals surface area contributed by atoms with Crippen molar-refractivity contribution in [3.63, 3.8) is 0 Å². The van der Waals surface area contributed by atoms with Crippen LogP contribution in [0.5, 0.6) is 11.5 Å². The Labute approximate surface area is 138 Å². The molecule has 1 amide bonds. The van der Waals surface area contributed by atoms with Crippen molar-refractivity contribution >= 4 is 11.9 Å². The quantitative estimate of drug-likeness (QED) is 0.797. The van der Waals surface area contributed by atoms with Crippen LogP contribution in [0.2, 0.25) is 0 Å². The van der Waals surface area contributed by atoms with Crippen LogP contribution < -0.4 is 9.47 Å². The Morgan fingerprint density at radius 1 is 1.17 bits per heavy atom. The highest BCUT2D eigenvalue weighted by atomic mass is 16.7. The Kier molecular flexibility index (Phi) is 4.33. The standard InChI is InChI=1S/C17H16N2O5/c1-19(9-11-6-7-14-15(8-11)24-10-23-14)16(20)12-4-3-5-13(18-12)17(21)22-2/h3-8H,9-10H2,1-2H3. The highest BCUT2D eigenvalue weighted by Gasteiger charge is 2.18. The molecule has 0 N–H and O–H groups in total. The fraction of sp³-hybridized carbons (Fsp3) is 0.235. The smallest absolute Gasteiger partial charge is 0.356 e. The minimum Gasteiger partial charge on any atom is -0.464 e. The number of fused-ring (bicyclic) bond motifs is 1. The molecule has 1 aromatic heterocycles. The van der Waals surface area contributed by atoms with Crippen LogP contribution in [0, 0.1) is 0 Å². The summed E-state index contributed by atoms with van der Waals surface area (Å²) in [6.45, 7) is 0.581. The first-order valence-corrected chi connectivity index (χ1v) is 7.28. The zero-order valence-corrected chi connectivity index (χ0v) is 13.3. The minimum absolute atomic E-state index is 0.0971. The Balaban J connectivity index is 1.74. The number of hydrogen-bond donors (Lipinski definition) is 0. The van der Waals surface area contributed by atoms with Crippen molar-refractivity contribution < 1.29 is 23.8 Å². The van der Waals surface area contributed by atoms with Gasteiger partial charge >= 0.3 is 5.97 Å². The van der Waals surface area contributed by atoms with Gasteiger partial charge in [0.25, 0.3) is 5.91 Å². The van der Waals surface area contributed by atoms with Gasteiger partial charge in [0.2, 0.25) is 6.79 Å². The van der Waals surface area contributed by atoms with Gasteiger partial charge in [0.05, 0.1) is 7.11 Å². The number of aromatic nitrogens is 1. The number of benzene rings is 1. The molecule has 0 saturated carbocycles. The lowest BCUT2D eigenvalue weighted by Gasteiger charge is -2.17. The predicted octanol–water partition coefficient (Wildman–Crippen LogP) is 1.87. The number of esters is 1. The van der Waals surface area contributed by atoms with Crippen molar-refractivity contribution in [1.29, 1.82) is 0 Å². The molecule has 1 aliphatic rings. The van der Waals surface area contributed by atoms with Crippen LogP contribution in [-0.4, -0.2) is 42.7 Å². The first kappa shape index (κ1) is 15.8. The Bertz CT molecular complexity index is 790. The Hall–Kier alpha value is -3.09. The molecule has 7 nitrogen and oxygen atoms in total. The van der Waals surface area contributed by atoms with E-state index in [4.69, 9.17) is 9.47 Å². The summed E-state index contributed by atoms with van der Waals surface area (Å²) in [5.41, 5.74) is 1.18. The number of nitrogens with zero attached hydrogens (tertiary/aromatic N) is 2. The molecular formula is C17H16N2O5. The second kappa shape index (κ2) is 6.57. The summed E-state index contributed by atoms with van der Waals surface area (Å²) in [7, 11) is 2.93. The monoisotopic (exact) mass is 328 g/mol. The second-order valence-corrected chi connectivity index (χ2v) is 5.25. The molecule has 0 unspecified atom stereocenters. The van der Waals surface area contributed by atoms with Gasteiger partial charge in [-0.1, -0.05) is 12.1 Å². The van der Waals surface area contributed by atoms with Crippen LogP contribution >= 0.6 is 0 Å². The van der Waals surface area contributed by atoms with Gasteiger partial charge in [0.15, 0.2) is 11.5 Å². The summed E-state index contributed by atoms with van der Waals surface area (Å²) in [5, 5.41) is 0. The maximum absolute atomic E-state index is 12.5. The van der Waals surface area contributed by atoms with Gasteiger partial charge in [-0.3, -0.25) is 4.79 Å². The van der Waals surface area contributed by atoms with E-state index in [1.54, 1.807) is 19.2 Å². The average molecular weight is 328 g/mol. The molecule has 0 aliphatic carbocycles. The number of ether oxygens (including phenoxy) is 3. The first-order chi connectivity index (χ1) is 11.6. The number of hydrogen-bond acceptors (Lipinski definition) is 6. The van der Waals surface area contributed by atoms with Gasteiger partial charge in [-0.05, 0) is 29.8 Å². The summed E-state index contributed by atoms with van der Waals surface area (Å²) in [4.78, 5) is 29.6. The third-order valence-electron chi connectivity index (χ3n) is 3.57. The molecule has 0 saturated heterocycles. The van der Waals surface area contributed by atoms with E-state index >= 15 is 0 Å². The molecule has 24 heavy (non-hydrogen) atoms. The third-order valence-corrected chi connectivity index (χ3v) is 3.57. The summed E-state index contributed by atoms with van der Waals surface area (Å²) in [6, 6.07) is 10.2. The van der Waals surface area contributed by atoms with Crippen LogP contribution in [0.15, 0.2) is 36.4 Å². The van der Waals surface area contributed by atoms with Crippen LogP contribution in [-0.2, 0) is 11.3 Å². The largest absolute Gasteiger partial charge is 0.464 e. The van der Waals surface area contributed by atoms with Crippen molar-refractivity contribution in [2.24, 2.45) is 0 Å². The Morgan fingerprint density at radius 3 is 2.71 bits per heavy atom. The minimum atomic E-state index is -0.580. The summed E-state index contributed by atoms with van der Waals surface area (Å²) in [5.74, 6) is 0.487. The SMILES string of the molecule is COC(=O)c1cccc(C(=O)N(C)Cc2ccc3c(c2)OCO3)n1. The summed E-state index contributed by atoms with van der Waals surface area (Å²) in [6.07, 6.45) is 0. The average Bonchev–Trinajstić information content (AvgIpc) is 3.08. The lowest BCUT2D eigenvalue weighted by Crippen LogP contribution is -2.27. The van der Waals surface area contributed by atoms with Crippen molar-refractivity contribution in [3.8, 4) is 11.5 Å². The van der Waals surface area contributed by atoms with Crippen LogP contribution in [0.4, 0.5) is 0 Å². The van der Waals surface area contributed by atoms with E-state index in [0.29, 0.717) is 18.0 Å². The molecule has 1 aromatic carbocycles. The number of carbonyl (C=O) groups excluding carboxylic acids is 2. The maximum Gasteiger partial charge on any atom is 0.356 e. The lowest BCUT2D eigenvalue weighted by atomic mass is 10.2. The molecule has 1 aliphatic heterocycles. The molecule has 0 atom stereocenters. The van der Waals surface area contributed by atoms with E-state index in [1.807, 2.05) is 18.2 Å². The maximum atomic E-state index is 12.5. The van der Waals surface area contributed by atoms with Gasteiger partial charge < -0.3 is 19.1 Å². The van der Waals surface area contributed by atoms with Gasteiger partial charge in [0.1, 0.15) is 11.4 Å². The molecule has 124 valence electrons. The van der Waals surface area contributed by atoms with Crippen molar-refractivity contribution in [1.82, 2.24) is 9.88 Å². The van der Waals surface area contributed by atoms with Crippen molar-refractivity contribution in [2.45, 2.75) is 6.54 Å². The topological polar surface area (TPSA) is 78.0 Å². The highest BCUT2D eigenvalue weighted by molar-refractivity contribution is 5.94. The fourth-order valence-corrected chi connectivity index (χ4v) is 2.35. The van der Waals surface area contributed by atoms with Gasteiger partial charge in [-0.2, -0.15) is 0 Å². The third kappa shape index (κ3) is 3.15. The number of methoxy groups -OCH3 is 1. The molecule has 0 radical (unpaired) electrons. The van der Waals surface area contributed by atoms with Crippen molar-refractivity contribution in [2.75, 3.05) is 21.0 Å². The van der Waals surface area contributed by atoms with Crippen molar-refractivity contribution in [3.05, 3.63) is 53.3 Å². The molecule has 0 fully saturated rings. The lowest BCUT2D eigenvalue weighted by molar-refractivity contribution is 0.0593. The molecule has 0 spiro atoms. The summed E-state index contributed by atoms with van der Waals surface area (Å²) < 4.78 is 15.2. The molecule has 2 aromatic rings. The molecular weight excluding hydrogens is 312 g/mol. The molecule has 0 bridgehead atoms. The number of rotatable bonds is 4. The fourth-order valence-electron chi connectivity index (χ4n) is 2.35. The van der Waals surface area contributed by atoms with Gasteiger partial charge in [-0.15, -0.1) is 0 Å². The van der Waals surface area contributed by atoms with E-state index in [0.717, 1.165) is 5.56 Å². The first-order valence-electron chi connectivity index (χ1n) is 7.28. The molecule has 3 rings (SSSR count). The number of amides is 1. The van der Waals surface area contributed by atoms with Crippen LogP contribution in [0.3, 0.4) is 0 Å². The second-order valence-electron chi connectivity index (χ2n) is 5.25. The van der Waals surface area contributed by atoms with E-state index in [2.05, 4.69) is 9.72 Å². The van der Waals surface area contributed by atoms with E-state index < -0.39 is 5.97 Å². The van der Waals surface area contributed by atoms with E-state index in [1.165, 1.54) is 18.1 Å². The Morgan fingerprint density at radius 2 is 1.92 bits per heavy atom.